The van der Waals surface area contributed by atoms with E-state index in [1.807, 2.05) is 36.1 Å². The van der Waals surface area contributed by atoms with Gasteiger partial charge in [-0.2, -0.15) is 0 Å². The first-order chi connectivity index (χ1) is 14.6. The largest absolute Gasteiger partial charge is 0.480 e. The SMILES string of the molecule is COc1ncnc2ccc(N3CCN(C(=O)c4ccc5nc(C)[nH]c5c4)CC3)cc12. The van der Waals surface area contributed by atoms with Crippen LogP contribution in [0.15, 0.2) is 42.7 Å². The van der Waals surface area contributed by atoms with Crippen molar-refractivity contribution in [3.63, 3.8) is 0 Å². The van der Waals surface area contributed by atoms with E-state index in [4.69, 9.17) is 4.74 Å². The molecule has 0 unspecified atom stereocenters. The first-order valence-corrected chi connectivity index (χ1v) is 9.92. The Morgan fingerprint density at radius 1 is 1.03 bits per heavy atom. The molecule has 0 saturated carbocycles. The number of anilines is 1. The topological polar surface area (TPSA) is 87.2 Å². The van der Waals surface area contributed by atoms with Gasteiger partial charge in [-0.05, 0) is 43.3 Å². The predicted molar refractivity (Wildman–Crippen MR) is 115 cm³/mol. The normalized spacial score (nSPS) is 14.5. The van der Waals surface area contributed by atoms with Gasteiger partial charge in [-0.25, -0.2) is 15.0 Å². The van der Waals surface area contributed by atoms with Gasteiger partial charge in [-0.15, -0.1) is 0 Å². The van der Waals surface area contributed by atoms with Crippen LogP contribution >= 0.6 is 0 Å². The average Bonchev–Trinajstić information content (AvgIpc) is 3.17. The fraction of sp³-hybridized carbons (Fsp3) is 0.273. The van der Waals surface area contributed by atoms with Crippen LogP contribution in [0.4, 0.5) is 5.69 Å². The van der Waals surface area contributed by atoms with Gasteiger partial charge in [0.05, 0.1) is 29.0 Å². The van der Waals surface area contributed by atoms with Gasteiger partial charge in [0.25, 0.3) is 5.91 Å². The molecule has 0 spiro atoms. The minimum Gasteiger partial charge on any atom is -0.480 e. The third-order valence-electron chi connectivity index (χ3n) is 5.55. The van der Waals surface area contributed by atoms with E-state index in [1.54, 1.807) is 7.11 Å². The number of ether oxygens (including phenoxy) is 1. The second-order valence-electron chi connectivity index (χ2n) is 7.42. The summed E-state index contributed by atoms with van der Waals surface area (Å²) >= 11 is 0. The van der Waals surface area contributed by atoms with Gasteiger partial charge in [0.15, 0.2) is 0 Å². The van der Waals surface area contributed by atoms with Gasteiger partial charge < -0.3 is 19.5 Å². The number of carbonyl (C=O) groups is 1. The van der Waals surface area contributed by atoms with E-state index in [9.17, 15) is 4.79 Å². The van der Waals surface area contributed by atoms with Gasteiger partial charge in [0, 0.05) is 37.4 Å². The number of methoxy groups -OCH3 is 1. The Hall–Kier alpha value is -3.68. The Bertz CT molecular complexity index is 1240. The van der Waals surface area contributed by atoms with Crippen LogP contribution in [0.25, 0.3) is 21.9 Å². The smallest absolute Gasteiger partial charge is 0.254 e. The second kappa shape index (κ2) is 7.29. The number of imidazole rings is 1. The fourth-order valence-corrected chi connectivity index (χ4v) is 4.00. The number of H-pyrrole nitrogens is 1. The van der Waals surface area contributed by atoms with Crippen LogP contribution in [0.3, 0.4) is 0 Å². The number of nitrogens with one attached hydrogen (secondary N) is 1. The van der Waals surface area contributed by atoms with Gasteiger partial charge in [-0.3, -0.25) is 4.79 Å². The van der Waals surface area contributed by atoms with Crippen molar-refractivity contribution in [1.82, 2.24) is 24.8 Å². The van der Waals surface area contributed by atoms with Crippen LogP contribution in [-0.2, 0) is 0 Å². The number of rotatable bonds is 3. The molecule has 30 heavy (non-hydrogen) atoms. The molecular formula is C22H22N6O2. The lowest BCUT2D eigenvalue weighted by Crippen LogP contribution is -2.48. The molecular weight excluding hydrogens is 380 g/mol. The number of aromatic nitrogens is 4. The van der Waals surface area contributed by atoms with Crippen molar-refractivity contribution in [1.29, 1.82) is 0 Å². The Labute approximate surface area is 173 Å². The number of fused-ring (bicyclic) bond motifs is 2. The van der Waals surface area contributed by atoms with E-state index < -0.39 is 0 Å². The van der Waals surface area contributed by atoms with Crippen LogP contribution in [-0.4, -0.2) is 64.0 Å². The first kappa shape index (κ1) is 18.4. The average molecular weight is 402 g/mol. The Balaban J connectivity index is 1.32. The Morgan fingerprint density at radius 3 is 2.63 bits per heavy atom. The molecule has 8 nitrogen and oxygen atoms in total. The number of hydrogen-bond acceptors (Lipinski definition) is 6. The van der Waals surface area contributed by atoms with Crippen molar-refractivity contribution in [2.24, 2.45) is 0 Å². The number of nitrogens with zero attached hydrogens (tertiary/aromatic N) is 5. The number of piperazine rings is 1. The molecule has 1 aliphatic heterocycles. The number of amides is 1. The minimum atomic E-state index is 0.0531. The number of aryl methyl sites for hydroxylation is 1. The zero-order valence-corrected chi connectivity index (χ0v) is 16.9. The highest BCUT2D eigenvalue weighted by molar-refractivity contribution is 5.97. The monoisotopic (exact) mass is 402 g/mol. The quantitative estimate of drug-likeness (QED) is 0.567. The standard InChI is InChI=1S/C22H22N6O2/c1-14-25-19-5-3-15(11-20(19)26-14)22(29)28-9-7-27(8-10-28)16-4-6-18-17(12-16)21(30-2)24-13-23-18/h3-6,11-13H,7-10H2,1-2H3,(H,25,26). The van der Waals surface area contributed by atoms with Crippen molar-refractivity contribution in [2.75, 3.05) is 38.2 Å². The molecule has 0 aliphatic carbocycles. The highest BCUT2D eigenvalue weighted by Crippen LogP contribution is 2.27. The minimum absolute atomic E-state index is 0.0531. The van der Waals surface area contributed by atoms with E-state index in [1.165, 1.54) is 6.33 Å². The van der Waals surface area contributed by atoms with Crippen molar-refractivity contribution in [2.45, 2.75) is 6.92 Å². The third kappa shape index (κ3) is 3.20. The van der Waals surface area contributed by atoms with E-state index in [0.717, 1.165) is 46.5 Å². The van der Waals surface area contributed by atoms with Crippen LogP contribution in [0, 0.1) is 6.92 Å². The molecule has 2 aromatic heterocycles. The molecule has 0 radical (unpaired) electrons. The summed E-state index contributed by atoms with van der Waals surface area (Å²) in [6.45, 7) is 4.77. The lowest BCUT2D eigenvalue weighted by Gasteiger charge is -2.36. The molecule has 0 atom stereocenters. The van der Waals surface area contributed by atoms with Crippen LogP contribution in [0.1, 0.15) is 16.2 Å². The Kier molecular flexibility index (Phi) is 4.46. The molecule has 152 valence electrons. The summed E-state index contributed by atoms with van der Waals surface area (Å²) in [6, 6.07) is 11.7. The lowest BCUT2D eigenvalue weighted by molar-refractivity contribution is 0.0747. The molecule has 0 bridgehead atoms. The summed E-state index contributed by atoms with van der Waals surface area (Å²) in [5, 5.41) is 0.888. The van der Waals surface area contributed by atoms with Gasteiger partial charge in [0.2, 0.25) is 5.88 Å². The molecule has 1 aliphatic rings. The lowest BCUT2D eigenvalue weighted by atomic mass is 10.1. The molecule has 1 saturated heterocycles. The van der Waals surface area contributed by atoms with Crippen LogP contribution < -0.4 is 9.64 Å². The molecule has 4 aromatic rings. The highest BCUT2D eigenvalue weighted by Gasteiger charge is 2.23. The third-order valence-corrected chi connectivity index (χ3v) is 5.55. The molecule has 5 rings (SSSR count). The van der Waals surface area contributed by atoms with Gasteiger partial charge >= 0.3 is 0 Å². The summed E-state index contributed by atoms with van der Waals surface area (Å²) < 4.78 is 5.37. The van der Waals surface area contributed by atoms with Gasteiger partial charge in [-0.1, -0.05) is 0 Å². The summed E-state index contributed by atoms with van der Waals surface area (Å²) in [6.07, 6.45) is 1.51. The number of carbonyl (C=O) groups excluding carboxylic acids is 1. The zero-order chi connectivity index (χ0) is 20.7. The predicted octanol–water partition coefficient (Wildman–Crippen LogP) is 2.79. The molecule has 8 heteroatoms. The van der Waals surface area contributed by atoms with Crippen molar-refractivity contribution >= 4 is 33.5 Å². The molecule has 1 fully saturated rings. The van der Waals surface area contributed by atoms with Crippen molar-refractivity contribution < 1.29 is 9.53 Å². The number of benzene rings is 2. The second-order valence-corrected chi connectivity index (χ2v) is 7.42. The number of aromatic amines is 1. The highest BCUT2D eigenvalue weighted by atomic mass is 16.5. The summed E-state index contributed by atoms with van der Waals surface area (Å²) in [5.41, 5.74) is 4.39. The van der Waals surface area contributed by atoms with Crippen LogP contribution in [0.5, 0.6) is 5.88 Å². The van der Waals surface area contributed by atoms with Crippen LogP contribution in [0.2, 0.25) is 0 Å². The summed E-state index contributed by atoms with van der Waals surface area (Å²) in [4.78, 5) is 33.3. The van der Waals surface area contributed by atoms with Crippen molar-refractivity contribution in [3.8, 4) is 5.88 Å². The molecule has 3 heterocycles. The maximum atomic E-state index is 13.0. The zero-order valence-electron chi connectivity index (χ0n) is 16.9. The molecule has 1 N–H and O–H groups in total. The molecule has 2 aromatic carbocycles. The molecule has 1 amide bonds. The van der Waals surface area contributed by atoms with E-state index in [2.05, 4.69) is 37.0 Å². The maximum absolute atomic E-state index is 13.0. The summed E-state index contributed by atoms with van der Waals surface area (Å²) in [5.74, 6) is 1.47. The number of hydrogen-bond donors (Lipinski definition) is 1. The first-order valence-electron chi connectivity index (χ1n) is 9.92. The maximum Gasteiger partial charge on any atom is 0.254 e. The van der Waals surface area contributed by atoms with E-state index in [-0.39, 0.29) is 5.91 Å². The van der Waals surface area contributed by atoms with E-state index in [0.29, 0.717) is 24.5 Å². The fourth-order valence-electron chi connectivity index (χ4n) is 4.00. The summed E-state index contributed by atoms with van der Waals surface area (Å²) in [7, 11) is 1.61. The van der Waals surface area contributed by atoms with Crippen molar-refractivity contribution in [3.05, 3.63) is 54.1 Å². The van der Waals surface area contributed by atoms with Gasteiger partial charge in [0.1, 0.15) is 12.2 Å². The van der Waals surface area contributed by atoms with E-state index >= 15 is 0 Å². The Morgan fingerprint density at radius 2 is 1.83 bits per heavy atom.